The van der Waals surface area contributed by atoms with Gasteiger partial charge in [0.25, 0.3) is 5.91 Å². The summed E-state index contributed by atoms with van der Waals surface area (Å²) in [5.41, 5.74) is 0.218. The number of carbonyl (C=O) groups excluding carboxylic acids is 2. The Bertz CT molecular complexity index is 427. The van der Waals surface area contributed by atoms with Gasteiger partial charge in [0, 0.05) is 6.08 Å². The first kappa shape index (κ1) is 15.4. The van der Waals surface area contributed by atoms with Crippen molar-refractivity contribution in [2.45, 2.75) is 52.4 Å². The van der Waals surface area contributed by atoms with Crippen LogP contribution in [0.15, 0.2) is 23.8 Å². The molecule has 19 heavy (non-hydrogen) atoms. The maximum Gasteiger partial charge on any atom is 0.417 e. The third-order valence-electron chi connectivity index (χ3n) is 2.42. The quantitative estimate of drug-likeness (QED) is 0.777. The van der Waals surface area contributed by atoms with Gasteiger partial charge in [0.1, 0.15) is 5.60 Å². The maximum atomic E-state index is 12.0. The number of aliphatic hydroxyl groups excluding tert-OH is 1. The molecular weight excluding hydrogens is 246 g/mol. The van der Waals surface area contributed by atoms with Crippen molar-refractivity contribution in [1.29, 1.82) is 0 Å². The highest BCUT2D eigenvalue weighted by Crippen LogP contribution is 2.20. The molecule has 0 bridgehead atoms. The van der Waals surface area contributed by atoms with Gasteiger partial charge < -0.3 is 9.84 Å². The smallest absolute Gasteiger partial charge is 0.417 e. The minimum Gasteiger partial charge on any atom is -0.443 e. The van der Waals surface area contributed by atoms with E-state index in [0.29, 0.717) is 0 Å². The first-order chi connectivity index (χ1) is 8.61. The highest BCUT2D eigenvalue weighted by atomic mass is 16.6. The van der Waals surface area contributed by atoms with Gasteiger partial charge >= 0.3 is 6.09 Å². The molecule has 0 radical (unpaired) electrons. The van der Waals surface area contributed by atoms with E-state index in [1.807, 2.05) is 13.8 Å². The first-order valence-corrected chi connectivity index (χ1v) is 6.19. The zero-order valence-electron chi connectivity index (χ0n) is 12.0. The van der Waals surface area contributed by atoms with Crippen molar-refractivity contribution >= 4 is 12.0 Å². The van der Waals surface area contributed by atoms with Crippen molar-refractivity contribution in [2.24, 2.45) is 0 Å². The second-order valence-electron chi connectivity index (χ2n) is 5.77. The van der Waals surface area contributed by atoms with E-state index in [1.165, 1.54) is 12.2 Å². The summed E-state index contributed by atoms with van der Waals surface area (Å²) in [6.07, 6.45) is 2.71. The van der Waals surface area contributed by atoms with E-state index < -0.39 is 29.7 Å². The molecule has 0 aliphatic carbocycles. The van der Waals surface area contributed by atoms with Crippen molar-refractivity contribution in [1.82, 2.24) is 4.90 Å². The van der Waals surface area contributed by atoms with E-state index in [2.05, 4.69) is 0 Å². The molecule has 0 aromatic carbocycles. The van der Waals surface area contributed by atoms with Crippen LogP contribution in [0.4, 0.5) is 4.79 Å². The Morgan fingerprint density at radius 1 is 1.47 bits per heavy atom. The molecule has 1 aliphatic rings. The topological polar surface area (TPSA) is 66.8 Å². The monoisotopic (exact) mass is 267 g/mol. The molecule has 0 spiro atoms. The van der Waals surface area contributed by atoms with E-state index in [4.69, 9.17) is 4.74 Å². The number of rotatable bonds is 2. The predicted molar refractivity (Wildman–Crippen MR) is 71.4 cm³/mol. The van der Waals surface area contributed by atoms with E-state index in [0.717, 1.165) is 10.5 Å². The van der Waals surface area contributed by atoms with E-state index in [9.17, 15) is 14.7 Å². The molecule has 0 aromatic rings. The molecule has 1 aliphatic heterocycles. The van der Waals surface area contributed by atoms with Crippen LogP contribution in [-0.2, 0) is 9.53 Å². The molecule has 1 N–H and O–H groups in total. The summed E-state index contributed by atoms with van der Waals surface area (Å²) in [7, 11) is 0. The van der Waals surface area contributed by atoms with Gasteiger partial charge in [0.15, 0.2) is 0 Å². The number of amides is 2. The fourth-order valence-corrected chi connectivity index (χ4v) is 1.72. The summed E-state index contributed by atoms with van der Waals surface area (Å²) in [6.45, 7) is 8.84. The van der Waals surface area contributed by atoms with E-state index in [-0.39, 0.29) is 0 Å². The molecule has 5 nitrogen and oxygen atoms in total. The lowest BCUT2D eigenvalue weighted by Crippen LogP contribution is -2.47. The number of hydrogen-bond acceptors (Lipinski definition) is 4. The van der Waals surface area contributed by atoms with Crippen LogP contribution in [0.25, 0.3) is 0 Å². The molecule has 2 atom stereocenters. The average molecular weight is 267 g/mol. The normalized spacial score (nSPS) is 20.4. The molecule has 0 saturated heterocycles. The van der Waals surface area contributed by atoms with Crippen molar-refractivity contribution in [3.8, 4) is 0 Å². The minimum atomic E-state index is -0.930. The standard InChI is InChI=1S/C14H21NO4/c1-9(2)8-11(16)10-6-7-12(17)15(10)13(18)19-14(3,4)5/h6-8,10-11,16H,1-5H3/t10-,11-/m0/s1. The Labute approximate surface area is 113 Å². The average Bonchev–Trinajstić information content (AvgIpc) is 2.56. The van der Waals surface area contributed by atoms with Gasteiger partial charge in [-0.3, -0.25) is 4.79 Å². The molecule has 5 heteroatoms. The van der Waals surface area contributed by atoms with Crippen LogP contribution in [-0.4, -0.2) is 39.8 Å². The summed E-state index contributed by atoms with van der Waals surface area (Å²) in [5, 5.41) is 10.0. The predicted octanol–water partition coefficient (Wildman–Crippen LogP) is 2.02. The van der Waals surface area contributed by atoms with Gasteiger partial charge in [-0.15, -0.1) is 0 Å². The summed E-state index contributed by atoms with van der Waals surface area (Å²) >= 11 is 0. The van der Waals surface area contributed by atoms with Gasteiger partial charge in [-0.25, -0.2) is 9.69 Å². The second-order valence-corrected chi connectivity index (χ2v) is 5.77. The van der Waals surface area contributed by atoms with E-state index in [1.54, 1.807) is 26.8 Å². The van der Waals surface area contributed by atoms with Crippen LogP contribution in [0.5, 0.6) is 0 Å². The molecule has 106 valence electrons. The van der Waals surface area contributed by atoms with Crippen LogP contribution in [0.1, 0.15) is 34.6 Å². The lowest BCUT2D eigenvalue weighted by Gasteiger charge is -2.28. The summed E-state index contributed by atoms with van der Waals surface area (Å²) in [5.74, 6) is -0.472. The summed E-state index contributed by atoms with van der Waals surface area (Å²) in [4.78, 5) is 24.6. The van der Waals surface area contributed by atoms with E-state index >= 15 is 0 Å². The van der Waals surface area contributed by atoms with Crippen molar-refractivity contribution in [2.75, 3.05) is 0 Å². The van der Waals surface area contributed by atoms with Gasteiger partial charge in [-0.1, -0.05) is 17.7 Å². The lowest BCUT2D eigenvalue weighted by atomic mass is 10.1. The van der Waals surface area contributed by atoms with Gasteiger partial charge in [-0.2, -0.15) is 0 Å². The summed E-state index contributed by atoms with van der Waals surface area (Å²) < 4.78 is 5.17. The van der Waals surface area contributed by atoms with Crippen LogP contribution in [0.2, 0.25) is 0 Å². The number of aliphatic hydroxyl groups is 1. The SMILES string of the molecule is CC(C)=C[C@H](O)[C@@H]1C=CC(=O)N1C(=O)OC(C)(C)C. The number of allylic oxidation sites excluding steroid dienone is 1. The second kappa shape index (κ2) is 5.57. The molecule has 0 fully saturated rings. The zero-order chi connectivity index (χ0) is 14.8. The van der Waals surface area contributed by atoms with Crippen LogP contribution in [0, 0.1) is 0 Å². The molecular formula is C14H21NO4. The van der Waals surface area contributed by atoms with Crippen LogP contribution >= 0.6 is 0 Å². The largest absolute Gasteiger partial charge is 0.443 e. The van der Waals surface area contributed by atoms with Crippen LogP contribution in [0.3, 0.4) is 0 Å². The lowest BCUT2D eigenvalue weighted by molar-refractivity contribution is -0.126. The van der Waals surface area contributed by atoms with Gasteiger partial charge in [-0.05, 0) is 34.6 Å². The zero-order valence-corrected chi connectivity index (χ0v) is 12.0. The molecule has 0 unspecified atom stereocenters. The Morgan fingerprint density at radius 3 is 2.53 bits per heavy atom. The number of imide groups is 1. The van der Waals surface area contributed by atoms with Crippen molar-refractivity contribution < 1.29 is 19.4 Å². The number of ether oxygens (including phenoxy) is 1. The molecule has 0 saturated carbocycles. The van der Waals surface area contributed by atoms with Crippen molar-refractivity contribution in [3.63, 3.8) is 0 Å². The maximum absolute atomic E-state index is 12.0. The van der Waals surface area contributed by atoms with Crippen LogP contribution < -0.4 is 0 Å². The number of carbonyl (C=O) groups is 2. The minimum absolute atomic E-state index is 0.472. The highest BCUT2D eigenvalue weighted by Gasteiger charge is 2.37. The Kier molecular flexibility index (Phi) is 4.52. The molecule has 1 rings (SSSR count). The molecule has 1 heterocycles. The number of hydrogen-bond donors (Lipinski definition) is 1. The third-order valence-corrected chi connectivity index (χ3v) is 2.42. The Balaban J connectivity index is 2.88. The highest BCUT2D eigenvalue weighted by molar-refractivity contribution is 6.01. The third kappa shape index (κ3) is 4.21. The summed E-state index contributed by atoms with van der Waals surface area (Å²) in [6, 6.07) is -0.711. The first-order valence-electron chi connectivity index (χ1n) is 6.19. The fourth-order valence-electron chi connectivity index (χ4n) is 1.72. The van der Waals surface area contributed by atoms with Gasteiger partial charge in [0.05, 0.1) is 12.1 Å². The molecule has 0 aromatic heterocycles. The van der Waals surface area contributed by atoms with Gasteiger partial charge in [0.2, 0.25) is 0 Å². The Morgan fingerprint density at radius 2 is 2.05 bits per heavy atom. The van der Waals surface area contributed by atoms with Crippen molar-refractivity contribution in [3.05, 3.63) is 23.8 Å². The molecule has 2 amide bonds. The fraction of sp³-hybridized carbons (Fsp3) is 0.571. The number of nitrogens with zero attached hydrogens (tertiary/aromatic N) is 1. The Hall–Kier alpha value is -1.62.